The molecule has 9 heavy (non-hydrogen) atoms. The van der Waals surface area contributed by atoms with Crippen LogP contribution in [0, 0.1) is 0 Å². The maximum absolute atomic E-state index is 12.4. The Labute approximate surface area is 53.6 Å². The summed E-state index contributed by atoms with van der Waals surface area (Å²) in [4.78, 5) is 11.9. The first-order valence-corrected chi connectivity index (χ1v) is 3.03. The molecule has 1 rings (SSSR count). The van der Waals surface area contributed by atoms with Crippen LogP contribution in [0.15, 0.2) is 0 Å². The highest BCUT2D eigenvalue weighted by atomic mass is 19.1. The SMILES string of the molecule is CN1C[C@@H](F)C[C@H]1C=O. The summed E-state index contributed by atoms with van der Waals surface area (Å²) < 4.78 is 12.4. The number of alkyl halides is 1. The summed E-state index contributed by atoms with van der Waals surface area (Å²) in [6, 6.07) is -0.181. The molecule has 0 N–H and O–H groups in total. The molecule has 1 fully saturated rings. The molecule has 0 unspecified atom stereocenters. The van der Waals surface area contributed by atoms with Crippen LogP contribution in [0.1, 0.15) is 6.42 Å². The maximum Gasteiger partial charge on any atom is 0.137 e. The first kappa shape index (κ1) is 6.68. The molecule has 1 heterocycles. The minimum Gasteiger partial charge on any atom is -0.302 e. The van der Waals surface area contributed by atoms with Crippen molar-refractivity contribution in [2.75, 3.05) is 13.6 Å². The summed E-state index contributed by atoms with van der Waals surface area (Å²) in [5.74, 6) is 0. The number of hydrogen-bond donors (Lipinski definition) is 0. The van der Waals surface area contributed by atoms with E-state index in [1.54, 1.807) is 11.9 Å². The number of rotatable bonds is 1. The van der Waals surface area contributed by atoms with Crippen molar-refractivity contribution in [1.82, 2.24) is 4.90 Å². The molecule has 1 aliphatic heterocycles. The van der Waals surface area contributed by atoms with E-state index in [9.17, 15) is 9.18 Å². The predicted molar refractivity (Wildman–Crippen MR) is 32.0 cm³/mol. The largest absolute Gasteiger partial charge is 0.302 e. The van der Waals surface area contributed by atoms with Crippen molar-refractivity contribution in [2.45, 2.75) is 18.6 Å². The molecule has 52 valence electrons. The summed E-state index contributed by atoms with van der Waals surface area (Å²) in [5, 5.41) is 0. The molecule has 0 bridgehead atoms. The molecule has 1 saturated heterocycles. The van der Waals surface area contributed by atoms with Crippen molar-refractivity contribution in [3.05, 3.63) is 0 Å². The second-order valence-electron chi connectivity index (χ2n) is 2.48. The predicted octanol–water partition coefficient (Wildman–Crippen LogP) is 0.227. The fourth-order valence-electron chi connectivity index (χ4n) is 1.12. The number of likely N-dealkylation sites (N-methyl/N-ethyl adjacent to an activating group) is 1. The Morgan fingerprint density at radius 3 is 2.67 bits per heavy atom. The van der Waals surface area contributed by atoms with Gasteiger partial charge in [0.1, 0.15) is 12.5 Å². The number of likely N-dealkylation sites (tertiary alicyclic amines) is 1. The number of hydrogen-bond acceptors (Lipinski definition) is 2. The molecule has 2 nitrogen and oxygen atoms in total. The molecule has 2 atom stereocenters. The third-order valence-corrected chi connectivity index (χ3v) is 1.71. The summed E-state index contributed by atoms with van der Waals surface area (Å²) in [5.41, 5.74) is 0. The van der Waals surface area contributed by atoms with Crippen molar-refractivity contribution >= 4 is 6.29 Å². The Bertz CT molecular complexity index is 118. The zero-order chi connectivity index (χ0) is 6.85. The molecule has 0 aromatic heterocycles. The minimum atomic E-state index is -0.801. The molecule has 1 aliphatic rings. The maximum atomic E-state index is 12.4. The summed E-state index contributed by atoms with van der Waals surface area (Å²) in [7, 11) is 1.76. The molecular formula is C6H10FNO. The van der Waals surface area contributed by atoms with Gasteiger partial charge in [-0.15, -0.1) is 0 Å². The lowest BCUT2D eigenvalue weighted by atomic mass is 10.2. The highest BCUT2D eigenvalue weighted by Crippen LogP contribution is 2.15. The van der Waals surface area contributed by atoms with Crippen LogP contribution in [0.5, 0.6) is 0 Å². The monoisotopic (exact) mass is 131 g/mol. The summed E-state index contributed by atoms with van der Waals surface area (Å²) in [6.07, 6.45) is 0.379. The second kappa shape index (κ2) is 2.43. The van der Waals surface area contributed by atoms with E-state index < -0.39 is 6.17 Å². The van der Waals surface area contributed by atoms with Crippen LogP contribution >= 0.6 is 0 Å². The molecule has 0 spiro atoms. The Morgan fingerprint density at radius 1 is 1.78 bits per heavy atom. The lowest BCUT2D eigenvalue weighted by molar-refractivity contribution is -0.111. The van der Waals surface area contributed by atoms with Crippen molar-refractivity contribution < 1.29 is 9.18 Å². The molecule has 0 aromatic rings. The van der Waals surface area contributed by atoms with Gasteiger partial charge in [0.05, 0.1) is 6.04 Å². The molecule has 0 aliphatic carbocycles. The number of aldehydes is 1. The van der Waals surface area contributed by atoms with E-state index >= 15 is 0 Å². The Hall–Kier alpha value is -0.440. The van der Waals surface area contributed by atoms with Crippen molar-refractivity contribution in [3.8, 4) is 0 Å². The second-order valence-corrected chi connectivity index (χ2v) is 2.48. The fourth-order valence-corrected chi connectivity index (χ4v) is 1.12. The molecular weight excluding hydrogens is 121 g/mol. The van der Waals surface area contributed by atoms with E-state index in [4.69, 9.17) is 0 Å². The van der Waals surface area contributed by atoms with Gasteiger partial charge in [-0.3, -0.25) is 4.90 Å². The van der Waals surface area contributed by atoms with Crippen molar-refractivity contribution in [2.24, 2.45) is 0 Å². The van der Waals surface area contributed by atoms with Gasteiger partial charge in [0, 0.05) is 13.0 Å². The van der Waals surface area contributed by atoms with Gasteiger partial charge in [0.15, 0.2) is 0 Å². The average molecular weight is 131 g/mol. The minimum absolute atomic E-state index is 0.181. The first-order valence-electron chi connectivity index (χ1n) is 3.03. The number of nitrogens with zero attached hydrogens (tertiary/aromatic N) is 1. The van der Waals surface area contributed by atoms with E-state index in [-0.39, 0.29) is 6.04 Å². The highest BCUT2D eigenvalue weighted by molar-refractivity contribution is 5.58. The van der Waals surface area contributed by atoms with Gasteiger partial charge in [0.2, 0.25) is 0 Å². The quantitative estimate of drug-likeness (QED) is 0.475. The van der Waals surface area contributed by atoms with E-state index in [1.807, 2.05) is 0 Å². The van der Waals surface area contributed by atoms with Gasteiger partial charge in [-0.25, -0.2) is 4.39 Å². The van der Waals surface area contributed by atoms with Gasteiger partial charge in [-0.2, -0.15) is 0 Å². The van der Waals surface area contributed by atoms with Gasteiger partial charge in [0.25, 0.3) is 0 Å². The molecule has 0 amide bonds. The van der Waals surface area contributed by atoms with Gasteiger partial charge in [-0.1, -0.05) is 0 Å². The van der Waals surface area contributed by atoms with Crippen molar-refractivity contribution in [1.29, 1.82) is 0 Å². The molecule has 0 aromatic carbocycles. The number of carbonyl (C=O) groups is 1. The fraction of sp³-hybridized carbons (Fsp3) is 0.833. The van der Waals surface area contributed by atoms with E-state index in [0.29, 0.717) is 13.0 Å². The Kier molecular flexibility index (Phi) is 1.81. The third-order valence-electron chi connectivity index (χ3n) is 1.71. The van der Waals surface area contributed by atoms with Crippen LogP contribution in [-0.4, -0.2) is 37.0 Å². The number of carbonyl (C=O) groups excluding carboxylic acids is 1. The third kappa shape index (κ3) is 1.27. The Morgan fingerprint density at radius 2 is 2.44 bits per heavy atom. The van der Waals surface area contributed by atoms with E-state index in [0.717, 1.165) is 6.29 Å². The number of halogens is 1. The zero-order valence-electron chi connectivity index (χ0n) is 5.38. The standard InChI is InChI=1S/C6H10FNO/c1-8-3-5(7)2-6(8)4-9/h4-6H,2-3H2,1H3/t5-,6-/m0/s1. The van der Waals surface area contributed by atoms with Gasteiger partial charge < -0.3 is 4.79 Å². The van der Waals surface area contributed by atoms with Crippen LogP contribution in [0.3, 0.4) is 0 Å². The van der Waals surface area contributed by atoms with Crippen LogP contribution in [0.2, 0.25) is 0 Å². The van der Waals surface area contributed by atoms with Crippen LogP contribution in [0.25, 0.3) is 0 Å². The van der Waals surface area contributed by atoms with Crippen molar-refractivity contribution in [3.63, 3.8) is 0 Å². The first-order chi connectivity index (χ1) is 4.24. The van der Waals surface area contributed by atoms with E-state index in [2.05, 4.69) is 0 Å². The Balaban J connectivity index is 2.47. The highest BCUT2D eigenvalue weighted by Gasteiger charge is 2.28. The molecule has 3 heteroatoms. The lowest BCUT2D eigenvalue weighted by Gasteiger charge is -2.10. The van der Waals surface area contributed by atoms with Crippen LogP contribution in [-0.2, 0) is 4.79 Å². The zero-order valence-corrected chi connectivity index (χ0v) is 5.38. The van der Waals surface area contributed by atoms with Crippen LogP contribution in [0.4, 0.5) is 4.39 Å². The van der Waals surface area contributed by atoms with Gasteiger partial charge >= 0.3 is 0 Å². The topological polar surface area (TPSA) is 20.3 Å². The normalized spacial score (nSPS) is 37.1. The smallest absolute Gasteiger partial charge is 0.137 e. The van der Waals surface area contributed by atoms with E-state index in [1.165, 1.54) is 0 Å². The van der Waals surface area contributed by atoms with Gasteiger partial charge in [-0.05, 0) is 7.05 Å². The average Bonchev–Trinajstić information content (AvgIpc) is 2.10. The molecule has 0 saturated carbocycles. The summed E-state index contributed by atoms with van der Waals surface area (Å²) in [6.45, 7) is 0.406. The molecule has 0 radical (unpaired) electrons. The van der Waals surface area contributed by atoms with Crippen LogP contribution < -0.4 is 0 Å². The lowest BCUT2D eigenvalue weighted by Crippen LogP contribution is -2.25. The summed E-state index contributed by atoms with van der Waals surface area (Å²) >= 11 is 0.